The van der Waals surface area contributed by atoms with Gasteiger partial charge in [-0.2, -0.15) is 4.39 Å². The summed E-state index contributed by atoms with van der Waals surface area (Å²) in [6, 6.07) is -2.23. The fraction of sp³-hybridized carbons (Fsp3) is 0.833. The molecule has 0 aromatic carbocycles. The molecule has 7 heteroatoms. The minimum Gasteiger partial charge on any atom is -0.394 e. The second-order valence-corrected chi connectivity index (χ2v) is 2.48. The molecule has 0 fully saturated rings. The van der Waals surface area contributed by atoms with Crippen LogP contribution in [-0.2, 0) is 4.79 Å². The van der Waals surface area contributed by atoms with E-state index >= 15 is 0 Å². The van der Waals surface area contributed by atoms with Gasteiger partial charge in [-0.3, -0.25) is 4.79 Å². The molecule has 0 rings (SSSR count). The second-order valence-electron chi connectivity index (χ2n) is 2.48. The molecule has 0 spiro atoms. The van der Waals surface area contributed by atoms with Gasteiger partial charge in [0.05, 0.1) is 6.61 Å². The Morgan fingerprint density at radius 3 is 1.92 bits per heavy atom. The third-order valence-electron chi connectivity index (χ3n) is 1.49. The maximum absolute atomic E-state index is 11.8. The summed E-state index contributed by atoms with van der Waals surface area (Å²) in [7, 11) is 0. The van der Waals surface area contributed by atoms with Crippen molar-refractivity contribution in [2.24, 2.45) is 0 Å². The maximum atomic E-state index is 11.8. The minimum atomic E-state index is -2.42. The zero-order valence-corrected chi connectivity index (χ0v) is 6.54. The average molecular weight is 198 g/mol. The van der Waals surface area contributed by atoms with E-state index in [-0.39, 0.29) is 0 Å². The van der Waals surface area contributed by atoms with Crippen LogP contribution in [0.5, 0.6) is 0 Å². The first kappa shape index (κ1) is 12.4. The Balaban J connectivity index is 4.24. The molecule has 0 aliphatic heterocycles. The van der Waals surface area contributed by atoms with Crippen LogP contribution in [0.25, 0.3) is 0 Å². The standard InChI is InChI=1S/C6H11FO6/c7-6(13)5(12)4(11)3(10)2(9)1-8/h2-5,8-12H,1H2/t2-,3-,4+,5-/m1/s1. The maximum Gasteiger partial charge on any atom is 0.332 e. The van der Waals surface area contributed by atoms with Crippen LogP contribution in [0.15, 0.2) is 0 Å². The van der Waals surface area contributed by atoms with E-state index in [0.717, 1.165) is 0 Å². The van der Waals surface area contributed by atoms with E-state index in [1.165, 1.54) is 0 Å². The van der Waals surface area contributed by atoms with Crippen LogP contribution < -0.4 is 0 Å². The normalized spacial score (nSPS) is 20.5. The third-order valence-corrected chi connectivity index (χ3v) is 1.49. The summed E-state index contributed by atoms with van der Waals surface area (Å²) in [4.78, 5) is 9.87. The van der Waals surface area contributed by atoms with Crippen LogP contribution in [0.3, 0.4) is 0 Å². The van der Waals surface area contributed by atoms with Crippen LogP contribution >= 0.6 is 0 Å². The van der Waals surface area contributed by atoms with Crippen LogP contribution in [0, 0.1) is 0 Å². The molecule has 0 aliphatic rings. The Hall–Kier alpha value is -0.600. The summed E-state index contributed by atoms with van der Waals surface area (Å²) >= 11 is 0. The number of halogens is 1. The molecule has 78 valence electrons. The van der Waals surface area contributed by atoms with Gasteiger partial charge in [0.2, 0.25) is 0 Å². The van der Waals surface area contributed by atoms with Crippen molar-refractivity contribution in [1.29, 1.82) is 0 Å². The molecule has 0 unspecified atom stereocenters. The summed E-state index contributed by atoms with van der Waals surface area (Å²) in [5, 5.41) is 43.3. The summed E-state index contributed by atoms with van der Waals surface area (Å²) in [5.41, 5.74) is 0. The molecule has 4 atom stereocenters. The van der Waals surface area contributed by atoms with Gasteiger partial charge in [0.1, 0.15) is 18.3 Å². The molecular weight excluding hydrogens is 187 g/mol. The molecule has 0 amide bonds. The van der Waals surface area contributed by atoms with E-state index in [2.05, 4.69) is 0 Å². The first-order chi connectivity index (χ1) is 5.91. The smallest absolute Gasteiger partial charge is 0.332 e. The van der Waals surface area contributed by atoms with E-state index in [1.807, 2.05) is 0 Å². The number of hydrogen-bond donors (Lipinski definition) is 5. The number of aliphatic hydroxyl groups excluding tert-OH is 5. The molecule has 0 aromatic rings. The van der Waals surface area contributed by atoms with Crippen molar-refractivity contribution >= 4 is 6.04 Å². The van der Waals surface area contributed by atoms with Gasteiger partial charge in [-0.15, -0.1) is 0 Å². The van der Waals surface area contributed by atoms with Crippen molar-refractivity contribution in [2.45, 2.75) is 24.4 Å². The van der Waals surface area contributed by atoms with Gasteiger partial charge in [-0.05, 0) is 0 Å². The average Bonchev–Trinajstić information content (AvgIpc) is 2.12. The summed E-state index contributed by atoms with van der Waals surface area (Å²) in [6.45, 7) is -0.884. The monoisotopic (exact) mass is 198 g/mol. The van der Waals surface area contributed by atoms with Gasteiger partial charge in [-0.25, -0.2) is 0 Å². The first-order valence-electron chi connectivity index (χ1n) is 3.44. The summed E-state index contributed by atoms with van der Waals surface area (Å²) in [6.07, 6.45) is -8.32. The Morgan fingerprint density at radius 1 is 1.15 bits per heavy atom. The third kappa shape index (κ3) is 3.33. The Kier molecular flexibility index (Phi) is 4.96. The SMILES string of the molecule is O=C(F)[C@H](O)[C@@H](O)[C@H](O)[C@H](O)CO. The number of rotatable bonds is 5. The second kappa shape index (κ2) is 5.20. The molecule has 0 heterocycles. The molecule has 0 aromatic heterocycles. The van der Waals surface area contributed by atoms with Crippen LogP contribution in [0.1, 0.15) is 0 Å². The highest BCUT2D eigenvalue weighted by Crippen LogP contribution is 2.06. The van der Waals surface area contributed by atoms with Gasteiger partial charge in [0, 0.05) is 0 Å². The summed E-state index contributed by atoms with van der Waals surface area (Å²) in [5.74, 6) is 0. The zero-order chi connectivity index (χ0) is 10.6. The van der Waals surface area contributed by atoms with E-state index in [9.17, 15) is 9.18 Å². The predicted octanol–water partition coefficient (Wildman–Crippen LogP) is -3.08. The number of carbonyl (C=O) groups excluding carboxylic acids is 1. The minimum absolute atomic E-state index is 0.884. The topological polar surface area (TPSA) is 118 Å². The molecule has 13 heavy (non-hydrogen) atoms. The number of carbonyl (C=O) groups is 1. The zero-order valence-electron chi connectivity index (χ0n) is 6.54. The molecule has 0 saturated heterocycles. The Morgan fingerprint density at radius 2 is 1.62 bits per heavy atom. The van der Waals surface area contributed by atoms with Crippen LogP contribution in [0.4, 0.5) is 4.39 Å². The fourth-order valence-electron chi connectivity index (χ4n) is 0.657. The lowest BCUT2D eigenvalue weighted by molar-refractivity contribution is -0.156. The van der Waals surface area contributed by atoms with E-state index in [4.69, 9.17) is 25.5 Å². The Labute approximate surface area is 72.9 Å². The van der Waals surface area contributed by atoms with Gasteiger partial charge < -0.3 is 25.5 Å². The quantitative estimate of drug-likeness (QED) is 0.299. The van der Waals surface area contributed by atoms with Crippen molar-refractivity contribution in [3.63, 3.8) is 0 Å². The highest BCUT2D eigenvalue weighted by Gasteiger charge is 2.34. The van der Waals surface area contributed by atoms with Crippen molar-refractivity contribution in [1.82, 2.24) is 0 Å². The number of hydrogen-bond acceptors (Lipinski definition) is 6. The largest absolute Gasteiger partial charge is 0.394 e. The molecule has 0 bridgehead atoms. The van der Waals surface area contributed by atoms with Gasteiger partial charge in [-0.1, -0.05) is 0 Å². The van der Waals surface area contributed by atoms with Crippen LogP contribution in [-0.4, -0.2) is 62.6 Å². The fourth-order valence-corrected chi connectivity index (χ4v) is 0.657. The first-order valence-corrected chi connectivity index (χ1v) is 3.44. The van der Waals surface area contributed by atoms with E-state index < -0.39 is 37.1 Å². The Bertz CT molecular complexity index is 175. The van der Waals surface area contributed by atoms with E-state index in [1.54, 1.807) is 0 Å². The molecular formula is C6H11FO6. The van der Waals surface area contributed by atoms with Crippen molar-refractivity contribution in [2.75, 3.05) is 6.61 Å². The molecule has 0 saturated carbocycles. The molecule has 0 radical (unpaired) electrons. The van der Waals surface area contributed by atoms with Gasteiger partial charge >= 0.3 is 6.04 Å². The highest BCUT2D eigenvalue weighted by molar-refractivity contribution is 5.73. The van der Waals surface area contributed by atoms with Crippen molar-refractivity contribution in [3.8, 4) is 0 Å². The molecule has 5 N–H and O–H groups in total. The van der Waals surface area contributed by atoms with E-state index in [0.29, 0.717) is 0 Å². The van der Waals surface area contributed by atoms with Gasteiger partial charge in [0.15, 0.2) is 6.10 Å². The lowest BCUT2D eigenvalue weighted by atomic mass is 10.0. The highest BCUT2D eigenvalue weighted by atomic mass is 19.1. The molecule has 0 aliphatic carbocycles. The van der Waals surface area contributed by atoms with Crippen LogP contribution in [0.2, 0.25) is 0 Å². The van der Waals surface area contributed by atoms with Gasteiger partial charge in [0.25, 0.3) is 0 Å². The van der Waals surface area contributed by atoms with Crippen molar-refractivity contribution in [3.05, 3.63) is 0 Å². The van der Waals surface area contributed by atoms with Crippen molar-refractivity contribution < 1.29 is 34.7 Å². The lowest BCUT2D eigenvalue weighted by Crippen LogP contribution is -2.47. The number of aliphatic hydroxyl groups is 5. The lowest BCUT2D eigenvalue weighted by Gasteiger charge is -2.22. The summed E-state index contributed by atoms with van der Waals surface area (Å²) < 4.78 is 11.8. The molecule has 6 nitrogen and oxygen atoms in total. The predicted molar refractivity (Wildman–Crippen MR) is 37.2 cm³/mol.